The van der Waals surface area contributed by atoms with Crippen LogP contribution < -0.4 is 0 Å². The highest BCUT2D eigenvalue weighted by Gasteiger charge is 2.26. The quantitative estimate of drug-likeness (QED) is 0.761. The Balaban J connectivity index is 1.70. The molecule has 3 rings (SSSR count). The molecule has 1 unspecified atom stereocenters. The van der Waals surface area contributed by atoms with Crippen molar-refractivity contribution in [1.29, 1.82) is 0 Å². The average molecular weight is 360 g/mol. The van der Waals surface area contributed by atoms with E-state index in [1.165, 1.54) is 12.1 Å². The Morgan fingerprint density at radius 3 is 2.85 bits per heavy atom. The molecule has 6 heteroatoms. The number of carbonyl (C=O) groups excluding carboxylic acids is 1. The molecule has 0 N–H and O–H groups in total. The summed E-state index contributed by atoms with van der Waals surface area (Å²) in [4.78, 5) is 18.4. The molecule has 2 aromatic rings. The van der Waals surface area contributed by atoms with E-state index in [1.807, 2.05) is 13.0 Å². The van der Waals surface area contributed by atoms with E-state index in [9.17, 15) is 13.6 Å². The fraction of sp³-hybridized carbons (Fsp3) is 0.400. The molecule has 0 aliphatic carbocycles. The SMILES string of the molecule is CCOC(=O)C1CCCN(Cc2cncc(-c3ccc(F)c(F)c3)c2)C1. The van der Waals surface area contributed by atoms with Gasteiger partial charge >= 0.3 is 5.97 Å². The summed E-state index contributed by atoms with van der Waals surface area (Å²) in [6.07, 6.45) is 5.19. The number of benzene rings is 1. The summed E-state index contributed by atoms with van der Waals surface area (Å²) in [5.74, 6) is -1.96. The van der Waals surface area contributed by atoms with Crippen LogP contribution in [0.1, 0.15) is 25.3 Å². The van der Waals surface area contributed by atoms with E-state index >= 15 is 0 Å². The highest BCUT2D eigenvalue weighted by molar-refractivity contribution is 5.72. The number of carbonyl (C=O) groups is 1. The molecule has 1 aromatic carbocycles. The van der Waals surface area contributed by atoms with Crippen molar-refractivity contribution in [2.45, 2.75) is 26.3 Å². The number of hydrogen-bond acceptors (Lipinski definition) is 4. The number of hydrogen-bond donors (Lipinski definition) is 0. The molecule has 0 radical (unpaired) electrons. The first-order valence-corrected chi connectivity index (χ1v) is 8.85. The minimum atomic E-state index is -0.874. The summed E-state index contributed by atoms with van der Waals surface area (Å²) in [5.41, 5.74) is 2.29. The second-order valence-corrected chi connectivity index (χ2v) is 6.54. The van der Waals surface area contributed by atoms with Gasteiger partial charge in [-0.25, -0.2) is 8.78 Å². The smallest absolute Gasteiger partial charge is 0.310 e. The maximum atomic E-state index is 13.5. The third-order valence-electron chi connectivity index (χ3n) is 4.58. The number of piperidine rings is 1. The zero-order chi connectivity index (χ0) is 18.5. The van der Waals surface area contributed by atoms with Crippen LogP contribution in [0.5, 0.6) is 0 Å². The Labute approximate surface area is 151 Å². The third kappa shape index (κ3) is 4.43. The highest BCUT2D eigenvalue weighted by atomic mass is 19.2. The molecular weight excluding hydrogens is 338 g/mol. The first kappa shape index (κ1) is 18.5. The molecule has 0 amide bonds. The van der Waals surface area contributed by atoms with Crippen LogP contribution in [0.4, 0.5) is 8.78 Å². The number of likely N-dealkylation sites (tertiary alicyclic amines) is 1. The number of pyridine rings is 1. The predicted molar refractivity (Wildman–Crippen MR) is 94.2 cm³/mol. The van der Waals surface area contributed by atoms with E-state index in [1.54, 1.807) is 12.4 Å². The molecule has 1 atom stereocenters. The normalized spacial score (nSPS) is 17.9. The van der Waals surface area contributed by atoms with Crippen LogP contribution in [-0.2, 0) is 16.1 Å². The van der Waals surface area contributed by atoms with E-state index in [-0.39, 0.29) is 11.9 Å². The summed E-state index contributed by atoms with van der Waals surface area (Å²) in [6, 6.07) is 5.75. The largest absolute Gasteiger partial charge is 0.466 e. The van der Waals surface area contributed by atoms with Crippen LogP contribution in [0, 0.1) is 17.6 Å². The van der Waals surface area contributed by atoms with Crippen LogP contribution in [0.2, 0.25) is 0 Å². The van der Waals surface area contributed by atoms with Gasteiger partial charge in [0.25, 0.3) is 0 Å². The van der Waals surface area contributed by atoms with E-state index in [0.29, 0.717) is 25.3 Å². The van der Waals surface area contributed by atoms with Gasteiger partial charge in [-0.1, -0.05) is 6.07 Å². The first-order chi connectivity index (χ1) is 12.6. The molecule has 1 aliphatic heterocycles. The Morgan fingerprint density at radius 1 is 1.23 bits per heavy atom. The molecule has 0 bridgehead atoms. The number of halogens is 2. The third-order valence-corrected chi connectivity index (χ3v) is 4.58. The summed E-state index contributed by atoms with van der Waals surface area (Å²) in [5, 5.41) is 0. The monoisotopic (exact) mass is 360 g/mol. The molecule has 0 saturated carbocycles. The minimum Gasteiger partial charge on any atom is -0.466 e. The summed E-state index contributed by atoms with van der Waals surface area (Å²) in [7, 11) is 0. The van der Waals surface area contributed by atoms with Gasteiger partial charge in [-0.2, -0.15) is 0 Å². The van der Waals surface area contributed by atoms with Crippen LogP contribution >= 0.6 is 0 Å². The van der Waals surface area contributed by atoms with E-state index in [0.717, 1.165) is 36.6 Å². The maximum Gasteiger partial charge on any atom is 0.310 e. The molecule has 4 nitrogen and oxygen atoms in total. The zero-order valence-electron chi connectivity index (χ0n) is 14.8. The predicted octanol–water partition coefficient (Wildman–Crippen LogP) is 3.80. The van der Waals surface area contributed by atoms with Crippen LogP contribution in [0.25, 0.3) is 11.1 Å². The van der Waals surface area contributed by atoms with Crippen LogP contribution in [0.15, 0.2) is 36.7 Å². The fourth-order valence-electron chi connectivity index (χ4n) is 3.32. The second-order valence-electron chi connectivity index (χ2n) is 6.54. The second kappa shape index (κ2) is 8.36. The summed E-state index contributed by atoms with van der Waals surface area (Å²) < 4.78 is 31.7. The lowest BCUT2D eigenvalue weighted by molar-refractivity contribution is -0.150. The van der Waals surface area contributed by atoms with E-state index in [2.05, 4.69) is 9.88 Å². The minimum absolute atomic E-state index is 0.0916. The van der Waals surface area contributed by atoms with Crippen molar-refractivity contribution in [3.05, 3.63) is 53.9 Å². The molecule has 26 heavy (non-hydrogen) atoms. The number of ether oxygens (including phenoxy) is 1. The van der Waals surface area contributed by atoms with Crippen LogP contribution in [0.3, 0.4) is 0 Å². The molecule has 138 valence electrons. The van der Waals surface area contributed by atoms with Gasteiger partial charge in [0.15, 0.2) is 11.6 Å². The molecule has 1 aliphatic rings. The van der Waals surface area contributed by atoms with Gasteiger partial charge in [-0.3, -0.25) is 14.7 Å². The lowest BCUT2D eigenvalue weighted by Crippen LogP contribution is -2.38. The van der Waals surface area contributed by atoms with E-state index in [4.69, 9.17) is 4.74 Å². The zero-order valence-corrected chi connectivity index (χ0v) is 14.8. The molecule has 2 heterocycles. The summed E-state index contributed by atoms with van der Waals surface area (Å²) >= 11 is 0. The lowest BCUT2D eigenvalue weighted by Gasteiger charge is -2.31. The number of esters is 1. The first-order valence-electron chi connectivity index (χ1n) is 8.85. The van der Waals surface area contributed by atoms with Crippen molar-refractivity contribution in [3.63, 3.8) is 0 Å². The van der Waals surface area contributed by atoms with Crippen molar-refractivity contribution in [2.75, 3.05) is 19.7 Å². The van der Waals surface area contributed by atoms with Crippen molar-refractivity contribution in [1.82, 2.24) is 9.88 Å². The molecular formula is C20H22F2N2O2. The van der Waals surface area contributed by atoms with Gasteiger partial charge in [-0.05, 0) is 55.6 Å². The van der Waals surface area contributed by atoms with Gasteiger partial charge in [-0.15, -0.1) is 0 Å². The molecule has 0 spiro atoms. The lowest BCUT2D eigenvalue weighted by atomic mass is 9.97. The fourth-order valence-corrected chi connectivity index (χ4v) is 3.32. The van der Waals surface area contributed by atoms with Crippen molar-refractivity contribution >= 4 is 5.97 Å². The van der Waals surface area contributed by atoms with Crippen molar-refractivity contribution in [2.24, 2.45) is 5.92 Å². The van der Waals surface area contributed by atoms with E-state index < -0.39 is 11.6 Å². The van der Waals surface area contributed by atoms with Crippen LogP contribution in [-0.4, -0.2) is 35.5 Å². The molecule has 1 aromatic heterocycles. The van der Waals surface area contributed by atoms with Gasteiger partial charge in [0.05, 0.1) is 12.5 Å². The Kier molecular flexibility index (Phi) is 5.93. The number of nitrogens with zero attached hydrogens (tertiary/aromatic N) is 2. The van der Waals surface area contributed by atoms with Gasteiger partial charge in [0, 0.05) is 31.0 Å². The van der Waals surface area contributed by atoms with Gasteiger partial charge in [0.2, 0.25) is 0 Å². The molecule has 1 fully saturated rings. The Bertz CT molecular complexity index is 782. The van der Waals surface area contributed by atoms with Gasteiger partial charge < -0.3 is 4.74 Å². The highest BCUT2D eigenvalue weighted by Crippen LogP contribution is 2.24. The van der Waals surface area contributed by atoms with Crippen molar-refractivity contribution in [3.8, 4) is 11.1 Å². The van der Waals surface area contributed by atoms with Crippen molar-refractivity contribution < 1.29 is 18.3 Å². The number of aromatic nitrogens is 1. The number of rotatable bonds is 5. The average Bonchev–Trinajstić information content (AvgIpc) is 2.65. The molecule has 1 saturated heterocycles. The Morgan fingerprint density at radius 2 is 2.08 bits per heavy atom. The summed E-state index contributed by atoms with van der Waals surface area (Å²) in [6.45, 7) is 4.43. The van der Waals surface area contributed by atoms with Gasteiger partial charge in [0.1, 0.15) is 0 Å². The standard InChI is InChI=1S/C20H22F2N2O2/c1-2-26-20(25)16-4-3-7-24(13-16)12-14-8-17(11-23-10-14)15-5-6-18(21)19(22)9-15/h5-6,8-11,16H,2-4,7,12-13H2,1H3. The Hall–Kier alpha value is -2.34. The topological polar surface area (TPSA) is 42.4 Å². The maximum absolute atomic E-state index is 13.5.